The van der Waals surface area contributed by atoms with Crippen molar-refractivity contribution in [3.05, 3.63) is 103 Å². The van der Waals surface area contributed by atoms with Crippen molar-refractivity contribution in [1.29, 1.82) is 0 Å². The molecule has 0 radical (unpaired) electrons. The van der Waals surface area contributed by atoms with Crippen LogP contribution in [0.4, 0.5) is 5.69 Å². The van der Waals surface area contributed by atoms with Gasteiger partial charge in [0, 0.05) is 18.2 Å². The first-order valence-corrected chi connectivity index (χ1v) is 9.66. The zero-order valence-corrected chi connectivity index (χ0v) is 17.2. The van der Waals surface area contributed by atoms with Gasteiger partial charge in [0.25, 0.3) is 5.69 Å². The van der Waals surface area contributed by atoms with Gasteiger partial charge in [0.1, 0.15) is 23.3 Å². The standard InChI is InChI=1S/C22H12BrNO7/c23-17-3-1-2-4-18(17)31-20-12-29-19-11-15(9-10-16(19)21(20)25)30-22(26)13-5-7-14(8-6-13)24(27)28/h1-12H. The van der Waals surface area contributed by atoms with Crippen molar-refractivity contribution in [3.63, 3.8) is 0 Å². The third-order valence-corrected chi connectivity index (χ3v) is 4.95. The number of carbonyl (C=O) groups is 1. The zero-order chi connectivity index (χ0) is 22.0. The van der Waals surface area contributed by atoms with E-state index in [4.69, 9.17) is 13.9 Å². The Balaban J connectivity index is 1.57. The second-order valence-corrected chi connectivity index (χ2v) is 7.17. The Hall–Kier alpha value is -3.98. The van der Waals surface area contributed by atoms with Crippen LogP contribution in [0.25, 0.3) is 11.0 Å². The van der Waals surface area contributed by atoms with Crippen LogP contribution >= 0.6 is 15.9 Å². The quantitative estimate of drug-likeness (QED) is 0.161. The molecule has 0 aliphatic rings. The van der Waals surface area contributed by atoms with E-state index in [9.17, 15) is 19.7 Å². The molecule has 8 nitrogen and oxygen atoms in total. The Bertz CT molecular complexity index is 1360. The third-order valence-electron chi connectivity index (χ3n) is 4.30. The van der Waals surface area contributed by atoms with E-state index in [2.05, 4.69) is 15.9 Å². The van der Waals surface area contributed by atoms with E-state index < -0.39 is 10.9 Å². The highest BCUT2D eigenvalue weighted by molar-refractivity contribution is 9.10. The number of esters is 1. The fourth-order valence-electron chi connectivity index (χ4n) is 2.76. The maximum Gasteiger partial charge on any atom is 0.343 e. The zero-order valence-electron chi connectivity index (χ0n) is 15.6. The number of non-ortho nitro benzene ring substituents is 1. The average molecular weight is 482 g/mol. The maximum atomic E-state index is 12.7. The molecular formula is C22H12BrNO7. The van der Waals surface area contributed by atoms with Crippen LogP contribution in [-0.2, 0) is 0 Å². The summed E-state index contributed by atoms with van der Waals surface area (Å²) in [6.45, 7) is 0. The predicted octanol–water partition coefficient (Wildman–Crippen LogP) is 5.48. The molecule has 1 aromatic heterocycles. The summed E-state index contributed by atoms with van der Waals surface area (Å²) in [7, 11) is 0. The molecule has 0 fully saturated rings. The van der Waals surface area contributed by atoms with Crippen LogP contribution in [0, 0.1) is 10.1 Å². The van der Waals surface area contributed by atoms with Crippen LogP contribution < -0.4 is 14.9 Å². The summed E-state index contributed by atoms with van der Waals surface area (Å²) >= 11 is 3.35. The molecule has 0 aliphatic carbocycles. The van der Waals surface area contributed by atoms with Gasteiger partial charge in [-0.3, -0.25) is 14.9 Å². The Morgan fingerprint density at radius 1 is 1.00 bits per heavy atom. The van der Waals surface area contributed by atoms with Gasteiger partial charge in [-0.2, -0.15) is 0 Å². The van der Waals surface area contributed by atoms with E-state index in [-0.39, 0.29) is 39.1 Å². The first-order chi connectivity index (χ1) is 14.9. The van der Waals surface area contributed by atoms with Crippen molar-refractivity contribution in [1.82, 2.24) is 0 Å². The van der Waals surface area contributed by atoms with E-state index >= 15 is 0 Å². The van der Waals surface area contributed by atoms with Crippen LogP contribution in [0.1, 0.15) is 10.4 Å². The topological polar surface area (TPSA) is 109 Å². The molecule has 0 saturated heterocycles. The monoisotopic (exact) mass is 481 g/mol. The molecule has 3 aromatic carbocycles. The molecule has 0 N–H and O–H groups in total. The lowest BCUT2D eigenvalue weighted by Crippen LogP contribution is -2.09. The summed E-state index contributed by atoms with van der Waals surface area (Å²) in [5.74, 6) is -0.0817. The molecule has 4 rings (SSSR count). The number of benzene rings is 3. The number of nitrogens with zero attached hydrogens (tertiary/aromatic N) is 1. The summed E-state index contributed by atoms with van der Waals surface area (Å²) in [5.41, 5.74) is -0.169. The van der Waals surface area contributed by atoms with Crippen molar-refractivity contribution in [2.75, 3.05) is 0 Å². The molecule has 4 aromatic rings. The largest absolute Gasteiger partial charge is 0.460 e. The van der Waals surface area contributed by atoms with Gasteiger partial charge in [0.05, 0.1) is 20.3 Å². The first-order valence-electron chi connectivity index (χ1n) is 8.87. The summed E-state index contributed by atoms with van der Waals surface area (Å²) in [4.78, 5) is 35.2. The molecule has 0 bridgehead atoms. The molecule has 0 unspecified atom stereocenters. The molecule has 9 heteroatoms. The number of fused-ring (bicyclic) bond motifs is 1. The fraction of sp³-hybridized carbons (Fsp3) is 0. The van der Waals surface area contributed by atoms with Crippen LogP contribution in [-0.4, -0.2) is 10.9 Å². The molecule has 0 amide bonds. The van der Waals surface area contributed by atoms with Crippen LogP contribution in [0.2, 0.25) is 0 Å². The van der Waals surface area contributed by atoms with Crippen molar-refractivity contribution < 1.29 is 23.6 Å². The molecule has 154 valence electrons. The van der Waals surface area contributed by atoms with Crippen LogP contribution in [0.3, 0.4) is 0 Å². The van der Waals surface area contributed by atoms with E-state index in [1.165, 1.54) is 48.7 Å². The molecule has 0 saturated carbocycles. The molecular weight excluding hydrogens is 470 g/mol. The highest BCUT2D eigenvalue weighted by Crippen LogP contribution is 2.29. The fourth-order valence-corrected chi connectivity index (χ4v) is 3.12. The van der Waals surface area contributed by atoms with E-state index in [0.29, 0.717) is 10.2 Å². The third kappa shape index (κ3) is 4.31. The Morgan fingerprint density at radius 3 is 2.45 bits per heavy atom. The molecule has 31 heavy (non-hydrogen) atoms. The second kappa shape index (κ2) is 8.41. The summed E-state index contributed by atoms with van der Waals surface area (Å²) in [6.07, 6.45) is 1.19. The average Bonchev–Trinajstić information content (AvgIpc) is 2.77. The minimum Gasteiger partial charge on any atom is -0.460 e. The number of rotatable bonds is 5. The number of ether oxygens (including phenoxy) is 2. The van der Waals surface area contributed by atoms with E-state index in [0.717, 1.165) is 0 Å². The normalized spacial score (nSPS) is 10.6. The van der Waals surface area contributed by atoms with Crippen molar-refractivity contribution in [2.24, 2.45) is 0 Å². The minimum absolute atomic E-state index is 0.00928. The number of nitro groups is 1. The van der Waals surface area contributed by atoms with Crippen molar-refractivity contribution >= 4 is 38.6 Å². The van der Waals surface area contributed by atoms with E-state index in [1.54, 1.807) is 18.2 Å². The van der Waals surface area contributed by atoms with Gasteiger partial charge >= 0.3 is 5.97 Å². The van der Waals surface area contributed by atoms with Gasteiger partial charge < -0.3 is 13.9 Å². The molecule has 0 spiro atoms. The minimum atomic E-state index is -0.703. The molecule has 1 heterocycles. The SMILES string of the molecule is O=C(Oc1ccc2c(=O)c(Oc3ccccc3Br)coc2c1)c1ccc([N+](=O)[O-])cc1. The summed E-state index contributed by atoms with van der Waals surface area (Å²) < 4.78 is 17.1. The lowest BCUT2D eigenvalue weighted by Gasteiger charge is -2.08. The van der Waals surface area contributed by atoms with Gasteiger partial charge in [-0.1, -0.05) is 12.1 Å². The van der Waals surface area contributed by atoms with Gasteiger partial charge in [0.15, 0.2) is 0 Å². The van der Waals surface area contributed by atoms with Gasteiger partial charge in [-0.15, -0.1) is 0 Å². The molecule has 0 atom stereocenters. The number of hydrogen-bond acceptors (Lipinski definition) is 7. The lowest BCUT2D eigenvalue weighted by molar-refractivity contribution is -0.384. The Kier molecular flexibility index (Phi) is 5.50. The molecule has 0 aliphatic heterocycles. The van der Waals surface area contributed by atoms with Gasteiger partial charge in [-0.25, -0.2) is 4.79 Å². The van der Waals surface area contributed by atoms with Crippen LogP contribution in [0.15, 0.2) is 86.7 Å². The number of carbonyl (C=O) groups excluding carboxylic acids is 1. The second-order valence-electron chi connectivity index (χ2n) is 6.31. The van der Waals surface area contributed by atoms with Gasteiger partial charge in [0.2, 0.25) is 11.2 Å². The van der Waals surface area contributed by atoms with Crippen molar-refractivity contribution in [2.45, 2.75) is 0 Å². The number of para-hydroxylation sites is 1. The lowest BCUT2D eigenvalue weighted by atomic mass is 10.2. The highest BCUT2D eigenvalue weighted by Gasteiger charge is 2.14. The Morgan fingerprint density at radius 2 is 1.74 bits per heavy atom. The number of hydrogen-bond donors (Lipinski definition) is 0. The van der Waals surface area contributed by atoms with Crippen molar-refractivity contribution in [3.8, 4) is 17.2 Å². The first kappa shape index (κ1) is 20.3. The summed E-state index contributed by atoms with van der Waals surface area (Å²) in [5, 5.41) is 11.0. The number of nitro benzene ring substituents is 1. The highest BCUT2D eigenvalue weighted by atomic mass is 79.9. The summed E-state index contributed by atoms with van der Waals surface area (Å²) in [6, 6.07) is 16.4. The smallest absolute Gasteiger partial charge is 0.343 e. The maximum absolute atomic E-state index is 12.7. The Labute approximate surface area is 182 Å². The predicted molar refractivity (Wildman–Crippen MR) is 115 cm³/mol. The van der Waals surface area contributed by atoms with Gasteiger partial charge in [-0.05, 0) is 52.3 Å². The van der Waals surface area contributed by atoms with E-state index in [1.807, 2.05) is 6.07 Å². The number of halogens is 1. The van der Waals surface area contributed by atoms with Crippen LogP contribution in [0.5, 0.6) is 17.2 Å².